The molecule has 19 heavy (non-hydrogen) atoms. The predicted molar refractivity (Wildman–Crippen MR) is 63.1 cm³/mol. The fourth-order valence-electron chi connectivity index (χ4n) is 2.06. The van der Waals surface area contributed by atoms with Crippen molar-refractivity contribution in [3.8, 4) is 0 Å². The minimum atomic E-state index is -0.858. The zero-order chi connectivity index (χ0) is 13.8. The zero-order valence-electron chi connectivity index (χ0n) is 10.5. The highest BCUT2D eigenvalue weighted by Crippen LogP contribution is 2.17. The third kappa shape index (κ3) is 3.18. The number of carboxylic acids is 1. The van der Waals surface area contributed by atoms with Gasteiger partial charge in [0.1, 0.15) is 0 Å². The van der Waals surface area contributed by atoms with E-state index in [0.717, 1.165) is 0 Å². The second-order valence-electron chi connectivity index (χ2n) is 4.56. The topological polar surface area (TPSA) is 124 Å². The Balaban J connectivity index is 1.91. The summed E-state index contributed by atoms with van der Waals surface area (Å²) in [5.74, 6) is -0.955. The molecule has 1 aliphatic rings. The van der Waals surface area contributed by atoms with Crippen LogP contribution in [-0.2, 0) is 4.79 Å². The summed E-state index contributed by atoms with van der Waals surface area (Å²) >= 11 is 0. The number of rotatable bonds is 3. The quantitative estimate of drug-likeness (QED) is 0.695. The number of urea groups is 1. The zero-order valence-corrected chi connectivity index (χ0v) is 10.5. The van der Waals surface area contributed by atoms with Crippen LogP contribution in [0.5, 0.6) is 0 Å². The van der Waals surface area contributed by atoms with Crippen LogP contribution in [0.15, 0.2) is 0 Å². The van der Waals surface area contributed by atoms with Crippen molar-refractivity contribution in [3.05, 3.63) is 5.82 Å². The van der Waals surface area contributed by atoms with Crippen LogP contribution in [0.3, 0.4) is 0 Å². The molecule has 0 saturated carbocycles. The third-order valence-corrected chi connectivity index (χ3v) is 3.15. The first-order valence-electron chi connectivity index (χ1n) is 6.09. The first-order chi connectivity index (χ1) is 9.08. The second-order valence-corrected chi connectivity index (χ2v) is 4.56. The van der Waals surface area contributed by atoms with Gasteiger partial charge in [-0.3, -0.25) is 4.79 Å². The molecule has 1 aromatic heterocycles. The average Bonchev–Trinajstić information content (AvgIpc) is 2.92. The van der Waals surface area contributed by atoms with Gasteiger partial charge >= 0.3 is 12.0 Å². The van der Waals surface area contributed by atoms with Gasteiger partial charge < -0.3 is 15.3 Å². The van der Waals surface area contributed by atoms with E-state index in [-0.39, 0.29) is 18.6 Å². The first-order valence-corrected chi connectivity index (χ1v) is 6.09. The van der Waals surface area contributed by atoms with Gasteiger partial charge in [-0.2, -0.15) is 5.21 Å². The summed E-state index contributed by atoms with van der Waals surface area (Å²) in [5, 5.41) is 25.0. The summed E-state index contributed by atoms with van der Waals surface area (Å²) in [7, 11) is 0. The molecular formula is C10H16N6O3. The molecule has 3 N–H and O–H groups in total. The van der Waals surface area contributed by atoms with E-state index in [9.17, 15) is 9.59 Å². The SMILES string of the molecule is CC(NC(=O)N1CCC[C@@H](C(=O)O)C1)c1nn[nH]n1. The van der Waals surface area contributed by atoms with E-state index in [2.05, 4.69) is 25.9 Å². The summed E-state index contributed by atoms with van der Waals surface area (Å²) in [5.41, 5.74) is 0. The van der Waals surface area contributed by atoms with Crippen LogP contribution in [0.2, 0.25) is 0 Å². The number of nitrogens with one attached hydrogen (secondary N) is 2. The van der Waals surface area contributed by atoms with E-state index in [1.165, 1.54) is 4.90 Å². The number of hydrogen-bond donors (Lipinski definition) is 3. The number of piperidine rings is 1. The van der Waals surface area contributed by atoms with Crippen LogP contribution < -0.4 is 5.32 Å². The van der Waals surface area contributed by atoms with Crippen molar-refractivity contribution >= 4 is 12.0 Å². The summed E-state index contributed by atoms with van der Waals surface area (Å²) in [4.78, 5) is 24.5. The second kappa shape index (κ2) is 5.63. The van der Waals surface area contributed by atoms with Crippen molar-refractivity contribution in [1.82, 2.24) is 30.8 Å². The highest BCUT2D eigenvalue weighted by atomic mass is 16.4. The van der Waals surface area contributed by atoms with Gasteiger partial charge in [-0.05, 0) is 19.8 Å². The molecule has 2 rings (SSSR count). The van der Waals surface area contributed by atoms with Crippen molar-refractivity contribution in [2.24, 2.45) is 5.92 Å². The Morgan fingerprint density at radius 3 is 3.00 bits per heavy atom. The molecule has 0 aromatic carbocycles. The van der Waals surface area contributed by atoms with Crippen LogP contribution in [0, 0.1) is 5.92 Å². The number of likely N-dealkylation sites (tertiary alicyclic amines) is 1. The summed E-state index contributed by atoms with van der Waals surface area (Å²) in [6.45, 7) is 2.54. The van der Waals surface area contributed by atoms with Gasteiger partial charge in [0.25, 0.3) is 0 Å². The number of aromatic amines is 1. The lowest BCUT2D eigenvalue weighted by atomic mass is 9.99. The van der Waals surface area contributed by atoms with Crippen LogP contribution in [-0.4, -0.2) is 55.7 Å². The Hall–Kier alpha value is -2.19. The van der Waals surface area contributed by atoms with Crippen LogP contribution in [0.1, 0.15) is 31.6 Å². The van der Waals surface area contributed by atoms with E-state index < -0.39 is 11.9 Å². The number of amides is 2. The molecule has 1 aliphatic heterocycles. The van der Waals surface area contributed by atoms with Crippen molar-refractivity contribution in [3.63, 3.8) is 0 Å². The van der Waals surface area contributed by atoms with Gasteiger partial charge in [0, 0.05) is 13.1 Å². The molecule has 0 bridgehead atoms. The van der Waals surface area contributed by atoms with E-state index >= 15 is 0 Å². The first kappa shape index (κ1) is 13.2. The Labute approximate surface area is 109 Å². The number of nitrogens with zero attached hydrogens (tertiary/aromatic N) is 4. The molecule has 104 valence electrons. The third-order valence-electron chi connectivity index (χ3n) is 3.15. The van der Waals surface area contributed by atoms with Gasteiger partial charge in [-0.25, -0.2) is 4.79 Å². The van der Waals surface area contributed by atoms with Crippen LogP contribution in [0.25, 0.3) is 0 Å². The van der Waals surface area contributed by atoms with Gasteiger partial charge in [0.15, 0.2) is 5.82 Å². The number of carboxylic acid groups (broad SMARTS) is 1. The van der Waals surface area contributed by atoms with Gasteiger partial charge in [0.05, 0.1) is 12.0 Å². The molecule has 1 saturated heterocycles. The Kier molecular flexibility index (Phi) is 3.93. The monoisotopic (exact) mass is 268 g/mol. The maximum Gasteiger partial charge on any atom is 0.318 e. The van der Waals surface area contributed by atoms with Crippen molar-refractivity contribution in [2.75, 3.05) is 13.1 Å². The molecule has 0 radical (unpaired) electrons. The molecule has 9 heteroatoms. The number of tetrazole rings is 1. The maximum atomic E-state index is 12.0. The van der Waals surface area contributed by atoms with Crippen molar-refractivity contribution in [2.45, 2.75) is 25.8 Å². The summed E-state index contributed by atoms with van der Waals surface area (Å²) in [6.07, 6.45) is 1.31. The van der Waals surface area contributed by atoms with E-state index in [0.29, 0.717) is 25.2 Å². The Morgan fingerprint density at radius 2 is 2.37 bits per heavy atom. The van der Waals surface area contributed by atoms with Gasteiger partial charge in [-0.15, -0.1) is 10.2 Å². The molecule has 2 amide bonds. The lowest BCUT2D eigenvalue weighted by Gasteiger charge is -2.31. The Bertz CT molecular complexity index is 448. The van der Waals surface area contributed by atoms with Gasteiger partial charge in [0.2, 0.25) is 0 Å². The molecule has 0 spiro atoms. The molecule has 1 unspecified atom stereocenters. The summed E-state index contributed by atoms with van der Waals surface area (Å²) in [6, 6.07) is -0.681. The lowest BCUT2D eigenvalue weighted by Crippen LogP contribution is -2.47. The average molecular weight is 268 g/mol. The highest BCUT2D eigenvalue weighted by Gasteiger charge is 2.29. The highest BCUT2D eigenvalue weighted by molar-refractivity contribution is 5.76. The fraction of sp³-hybridized carbons (Fsp3) is 0.700. The van der Waals surface area contributed by atoms with E-state index in [1.807, 2.05) is 0 Å². The lowest BCUT2D eigenvalue weighted by molar-refractivity contribution is -0.143. The number of hydrogen-bond acceptors (Lipinski definition) is 5. The standard InChI is InChI=1S/C10H16N6O3/c1-6(8-12-14-15-13-8)11-10(19)16-4-2-3-7(5-16)9(17)18/h6-7H,2-5H2,1H3,(H,11,19)(H,17,18)(H,12,13,14,15)/t6?,7-/m1/s1. The fourth-order valence-corrected chi connectivity index (χ4v) is 2.06. The predicted octanol–water partition coefficient (Wildman–Crippen LogP) is -0.233. The van der Waals surface area contributed by atoms with Crippen LogP contribution in [0.4, 0.5) is 4.79 Å². The number of aliphatic carboxylic acids is 1. The molecule has 1 aromatic rings. The Morgan fingerprint density at radius 1 is 1.58 bits per heavy atom. The maximum absolute atomic E-state index is 12.0. The minimum absolute atomic E-state index is 0.236. The van der Waals surface area contributed by atoms with Crippen molar-refractivity contribution < 1.29 is 14.7 Å². The van der Waals surface area contributed by atoms with E-state index in [1.54, 1.807) is 6.92 Å². The normalized spacial score (nSPS) is 20.9. The van der Waals surface area contributed by atoms with E-state index in [4.69, 9.17) is 5.11 Å². The molecule has 2 atom stereocenters. The largest absolute Gasteiger partial charge is 0.481 e. The molecule has 1 fully saturated rings. The molecule has 9 nitrogen and oxygen atoms in total. The molecule has 2 heterocycles. The number of carbonyl (C=O) groups is 2. The number of aromatic nitrogens is 4. The summed E-state index contributed by atoms with van der Waals surface area (Å²) < 4.78 is 0. The number of carbonyl (C=O) groups excluding carboxylic acids is 1. The number of H-pyrrole nitrogens is 1. The smallest absolute Gasteiger partial charge is 0.318 e. The van der Waals surface area contributed by atoms with Gasteiger partial charge in [-0.1, -0.05) is 5.21 Å². The molecular weight excluding hydrogens is 252 g/mol. The van der Waals surface area contributed by atoms with Crippen LogP contribution >= 0.6 is 0 Å². The minimum Gasteiger partial charge on any atom is -0.481 e. The molecule has 0 aliphatic carbocycles. The van der Waals surface area contributed by atoms with Crippen molar-refractivity contribution in [1.29, 1.82) is 0 Å².